The first-order valence-corrected chi connectivity index (χ1v) is 6.67. The molecule has 0 fully saturated rings. The highest BCUT2D eigenvalue weighted by molar-refractivity contribution is 5.92. The van der Waals surface area contributed by atoms with E-state index >= 15 is 0 Å². The molecule has 3 aromatic rings. The summed E-state index contributed by atoms with van der Waals surface area (Å²) < 4.78 is 5.33. The fourth-order valence-electron chi connectivity index (χ4n) is 2.20. The van der Waals surface area contributed by atoms with Crippen molar-refractivity contribution in [3.63, 3.8) is 0 Å². The summed E-state index contributed by atoms with van der Waals surface area (Å²) in [4.78, 5) is 8.84. The number of rotatable bonds is 4. The van der Waals surface area contributed by atoms with Gasteiger partial charge in [0.1, 0.15) is 5.69 Å². The van der Waals surface area contributed by atoms with Gasteiger partial charge in [-0.1, -0.05) is 36.3 Å². The van der Waals surface area contributed by atoms with Crippen LogP contribution in [-0.2, 0) is 0 Å². The molecule has 0 bridgehead atoms. The summed E-state index contributed by atoms with van der Waals surface area (Å²) >= 11 is 0. The van der Waals surface area contributed by atoms with Gasteiger partial charge < -0.3 is 10.3 Å². The van der Waals surface area contributed by atoms with Gasteiger partial charge in [-0.05, 0) is 24.4 Å². The van der Waals surface area contributed by atoms with Crippen molar-refractivity contribution in [1.29, 1.82) is 0 Å². The third kappa shape index (κ3) is 2.28. The second-order valence-corrected chi connectivity index (χ2v) is 4.82. The molecular weight excluding hydrogens is 252 g/mol. The third-order valence-corrected chi connectivity index (χ3v) is 3.35. The maximum Gasteiger partial charge on any atom is 0.229 e. The fraction of sp³-hybridized carbons (Fsp3) is 0.267. The van der Waals surface area contributed by atoms with Crippen LogP contribution < -0.4 is 5.73 Å². The Morgan fingerprint density at radius 2 is 2.10 bits per heavy atom. The Morgan fingerprint density at radius 1 is 1.25 bits per heavy atom. The van der Waals surface area contributed by atoms with E-state index in [9.17, 15) is 0 Å². The summed E-state index contributed by atoms with van der Waals surface area (Å²) in [6, 6.07) is 10.00. The fourth-order valence-corrected chi connectivity index (χ4v) is 2.20. The van der Waals surface area contributed by atoms with Crippen LogP contribution in [0.5, 0.6) is 0 Å². The molecule has 5 heteroatoms. The van der Waals surface area contributed by atoms with Crippen LogP contribution in [0.3, 0.4) is 0 Å². The van der Waals surface area contributed by atoms with E-state index in [4.69, 9.17) is 10.3 Å². The lowest BCUT2D eigenvalue weighted by Gasteiger charge is -2.02. The summed E-state index contributed by atoms with van der Waals surface area (Å²) in [6.45, 7) is 2.63. The predicted molar refractivity (Wildman–Crippen MR) is 77.1 cm³/mol. The van der Waals surface area contributed by atoms with Gasteiger partial charge in [-0.25, -0.2) is 0 Å². The molecule has 1 atom stereocenters. The lowest BCUT2D eigenvalue weighted by atomic mass is 10.1. The maximum atomic E-state index is 5.56. The molecule has 0 radical (unpaired) electrons. The van der Waals surface area contributed by atoms with Crippen molar-refractivity contribution in [2.24, 2.45) is 5.73 Å². The number of aromatic nitrogens is 3. The highest BCUT2D eigenvalue weighted by Crippen LogP contribution is 2.26. The highest BCUT2D eigenvalue weighted by atomic mass is 16.5. The zero-order valence-corrected chi connectivity index (χ0v) is 11.3. The van der Waals surface area contributed by atoms with E-state index < -0.39 is 0 Å². The van der Waals surface area contributed by atoms with Gasteiger partial charge in [0, 0.05) is 17.5 Å². The number of benzene rings is 1. The number of nitrogens with two attached hydrogens (primary N) is 1. The van der Waals surface area contributed by atoms with Gasteiger partial charge in [0.25, 0.3) is 0 Å². The number of pyridine rings is 1. The van der Waals surface area contributed by atoms with Crippen LogP contribution in [0, 0.1) is 0 Å². The summed E-state index contributed by atoms with van der Waals surface area (Å²) in [5.41, 5.74) is 6.31. The van der Waals surface area contributed by atoms with Crippen molar-refractivity contribution in [3.05, 3.63) is 42.4 Å². The summed E-state index contributed by atoms with van der Waals surface area (Å²) in [5.74, 6) is 1.30. The van der Waals surface area contributed by atoms with Crippen molar-refractivity contribution in [2.75, 3.05) is 6.54 Å². The Bertz CT molecular complexity index is 717. The van der Waals surface area contributed by atoms with Gasteiger partial charge in [0.05, 0.1) is 0 Å². The van der Waals surface area contributed by atoms with Gasteiger partial charge in [-0.3, -0.25) is 4.98 Å². The number of hydrogen-bond donors (Lipinski definition) is 1. The van der Waals surface area contributed by atoms with E-state index in [1.54, 1.807) is 6.20 Å². The van der Waals surface area contributed by atoms with E-state index in [1.807, 2.05) is 37.3 Å². The minimum atomic E-state index is 0.163. The zero-order valence-electron chi connectivity index (χ0n) is 11.3. The van der Waals surface area contributed by atoms with E-state index in [-0.39, 0.29) is 5.92 Å². The summed E-state index contributed by atoms with van der Waals surface area (Å²) in [6.07, 6.45) is 2.58. The van der Waals surface area contributed by atoms with E-state index in [1.165, 1.54) is 0 Å². The Morgan fingerprint density at radius 3 is 2.95 bits per heavy atom. The summed E-state index contributed by atoms with van der Waals surface area (Å²) in [5, 5.41) is 6.18. The number of fused-ring (bicyclic) bond motifs is 1. The van der Waals surface area contributed by atoms with Gasteiger partial charge in [-0.2, -0.15) is 4.98 Å². The average molecular weight is 268 g/mol. The molecular formula is C15H16N4O. The normalized spacial score (nSPS) is 12.7. The van der Waals surface area contributed by atoms with Crippen LogP contribution >= 0.6 is 0 Å². The second kappa shape index (κ2) is 5.38. The molecule has 5 nitrogen and oxygen atoms in total. The first-order chi connectivity index (χ1) is 9.79. The van der Waals surface area contributed by atoms with Crippen molar-refractivity contribution in [2.45, 2.75) is 19.3 Å². The van der Waals surface area contributed by atoms with Crippen molar-refractivity contribution in [1.82, 2.24) is 15.1 Å². The van der Waals surface area contributed by atoms with E-state index in [0.717, 1.165) is 22.9 Å². The van der Waals surface area contributed by atoms with Gasteiger partial charge in [0.2, 0.25) is 11.7 Å². The largest absolute Gasteiger partial charge is 0.339 e. The Balaban J connectivity index is 2.03. The maximum absolute atomic E-state index is 5.56. The first kappa shape index (κ1) is 12.7. The standard InChI is InChI=1S/C15H16N4O/c1-10(6-8-16)15-18-14(19-20-15)13-12-5-3-2-4-11(12)7-9-17-13/h2-5,7,9-10H,6,8,16H2,1H3. The molecule has 0 saturated carbocycles. The van der Waals surface area contributed by atoms with Gasteiger partial charge in [0.15, 0.2) is 0 Å². The van der Waals surface area contributed by atoms with Crippen LogP contribution in [0.1, 0.15) is 25.2 Å². The van der Waals surface area contributed by atoms with Crippen molar-refractivity contribution < 1.29 is 4.52 Å². The van der Waals surface area contributed by atoms with Crippen LogP contribution in [-0.4, -0.2) is 21.7 Å². The molecule has 1 unspecified atom stereocenters. The molecule has 2 heterocycles. The molecule has 2 aromatic heterocycles. The molecule has 20 heavy (non-hydrogen) atoms. The number of nitrogens with zero attached hydrogens (tertiary/aromatic N) is 3. The molecule has 0 aliphatic carbocycles. The number of hydrogen-bond acceptors (Lipinski definition) is 5. The molecule has 0 spiro atoms. The van der Waals surface area contributed by atoms with E-state index in [2.05, 4.69) is 15.1 Å². The van der Waals surface area contributed by atoms with Gasteiger partial charge in [-0.15, -0.1) is 0 Å². The monoisotopic (exact) mass is 268 g/mol. The van der Waals surface area contributed by atoms with Crippen molar-refractivity contribution >= 4 is 10.8 Å². The predicted octanol–water partition coefficient (Wildman–Crippen LogP) is 2.74. The molecule has 0 aliphatic heterocycles. The zero-order chi connectivity index (χ0) is 13.9. The molecule has 0 amide bonds. The summed E-state index contributed by atoms with van der Waals surface area (Å²) in [7, 11) is 0. The average Bonchev–Trinajstić information content (AvgIpc) is 2.97. The molecule has 0 aliphatic rings. The lowest BCUT2D eigenvalue weighted by molar-refractivity contribution is 0.355. The second-order valence-electron chi connectivity index (χ2n) is 4.82. The highest BCUT2D eigenvalue weighted by Gasteiger charge is 2.16. The third-order valence-electron chi connectivity index (χ3n) is 3.35. The molecule has 0 saturated heterocycles. The van der Waals surface area contributed by atoms with Crippen LogP contribution in [0.15, 0.2) is 41.1 Å². The Hall–Kier alpha value is -2.27. The quantitative estimate of drug-likeness (QED) is 0.787. The SMILES string of the molecule is CC(CCN)c1nc(-c2nccc3ccccc23)no1. The first-order valence-electron chi connectivity index (χ1n) is 6.67. The Labute approximate surface area is 116 Å². The van der Waals surface area contributed by atoms with Crippen LogP contribution in [0.25, 0.3) is 22.3 Å². The molecule has 2 N–H and O–H groups in total. The van der Waals surface area contributed by atoms with Crippen LogP contribution in [0.4, 0.5) is 0 Å². The van der Waals surface area contributed by atoms with Gasteiger partial charge >= 0.3 is 0 Å². The topological polar surface area (TPSA) is 77.8 Å². The van der Waals surface area contributed by atoms with Crippen LogP contribution in [0.2, 0.25) is 0 Å². The minimum Gasteiger partial charge on any atom is -0.339 e. The Kier molecular flexibility index (Phi) is 3.43. The lowest BCUT2D eigenvalue weighted by Crippen LogP contribution is -2.04. The minimum absolute atomic E-state index is 0.163. The molecule has 1 aromatic carbocycles. The molecule has 102 valence electrons. The smallest absolute Gasteiger partial charge is 0.229 e. The van der Waals surface area contributed by atoms with Crippen molar-refractivity contribution in [3.8, 4) is 11.5 Å². The van der Waals surface area contributed by atoms with E-state index in [0.29, 0.717) is 18.3 Å². The molecule has 3 rings (SSSR count).